The van der Waals surface area contributed by atoms with E-state index >= 15 is 0 Å². The van der Waals surface area contributed by atoms with Gasteiger partial charge in [0.05, 0.1) is 6.61 Å². The summed E-state index contributed by atoms with van der Waals surface area (Å²) in [6.07, 6.45) is 0. The highest BCUT2D eigenvalue weighted by atomic mass is 16.3. The molecule has 1 aliphatic heterocycles. The van der Waals surface area contributed by atoms with Gasteiger partial charge < -0.3 is 14.9 Å². The highest BCUT2D eigenvalue weighted by Gasteiger charge is 2.35. The highest BCUT2D eigenvalue weighted by molar-refractivity contribution is 6.35. The van der Waals surface area contributed by atoms with Gasteiger partial charge in [-0.1, -0.05) is 0 Å². The lowest BCUT2D eigenvalue weighted by molar-refractivity contribution is -0.158. The maximum atomic E-state index is 11.5. The number of aliphatic hydroxyl groups is 1. The van der Waals surface area contributed by atoms with Crippen LogP contribution in [-0.4, -0.2) is 59.0 Å². The molecule has 0 aliphatic carbocycles. The fourth-order valence-corrected chi connectivity index (χ4v) is 1.73. The Bertz CT molecular complexity index is 242. The summed E-state index contributed by atoms with van der Waals surface area (Å²) in [6.45, 7) is 4.96. The Labute approximate surface area is 83.3 Å². The molecule has 1 heterocycles. The second-order valence-corrected chi connectivity index (χ2v) is 3.41. The lowest BCUT2D eigenvalue weighted by Crippen LogP contribution is -2.58. The van der Waals surface area contributed by atoms with E-state index in [1.54, 1.807) is 4.90 Å². The van der Waals surface area contributed by atoms with Crippen molar-refractivity contribution < 1.29 is 14.7 Å². The SMILES string of the molecule is CCN1C(=O)C(=O)N(CCO)CC1C. The summed E-state index contributed by atoms with van der Waals surface area (Å²) in [7, 11) is 0. The Morgan fingerprint density at radius 3 is 2.57 bits per heavy atom. The first-order valence-corrected chi connectivity index (χ1v) is 4.82. The number of hydrogen-bond acceptors (Lipinski definition) is 3. The van der Waals surface area contributed by atoms with Gasteiger partial charge in [0.1, 0.15) is 0 Å². The van der Waals surface area contributed by atoms with Gasteiger partial charge in [-0.3, -0.25) is 9.59 Å². The lowest BCUT2D eigenvalue weighted by atomic mass is 10.2. The van der Waals surface area contributed by atoms with Gasteiger partial charge >= 0.3 is 11.8 Å². The van der Waals surface area contributed by atoms with Crippen LogP contribution in [0.4, 0.5) is 0 Å². The molecule has 0 aromatic carbocycles. The molecule has 80 valence electrons. The molecule has 14 heavy (non-hydrogen) atoms. The van der Waals surface area contributed by atoms with Crippen molar-refractivity contribution >= 4 is 11.8 Å². The summed E-state index contributed by atoms with van der Waals surface area (Å²) in [5, 5.41) is 8.71. The zero-order valence-corrected chi connectivity index (χ0v) is 8.56. The molecule has 0 spiro atoms. The smallest absolute Gasteiger partial charge is 0.312 e. The molecular weight excluding hydrogens is 184 g/mol. The number of amides is 2. The average molecular weight is 200 g/mol. The molecule has 1 fully saturated rings. The third kappa shape index (κ3) is 1.87. The van der Waals surface area contributed by atoms with E-state index in [2.05, 4.69) is 0 Å². The third-order valence-corrected chi connectivity index (χ3v) is 2.46. The molecule has 0 radical (unpaired) electrons. The van der Waals surface area contributed by atoms with Crippen LogP contribution >= 0.6 is 0 Å². The van der Waals surface area contributed by atoms with Crippen LogP contribution < -0.4 is 0 Å². The van der Waals surface area contributed by atoms with Crippen LogP contribution in [0, 0.1) is 0 Å². The van der Waals surface area contributed by atoms with Crippen molar-refractivity contribution in [2.45, 2.75) is 19.9 Å². The molecule has 0 bridgehead atoms. The Kier molecular flexibility index (Phi) is 3.46. The molecule has 1 saturated heterocycles. The summed E-state index contributed by atoms with van der Waals surface area (Å²) >= 11 is 0. The predicted molar refractivity (Wildman–Crippen MR) is 50.5 cm³/mol. The van der Waals surface area contributed by atoms with Crippen LogP contribution in [0.25, 0.3) is 0 Å². The van der Waals surface area contributed by atoms with E-state index in [-0.39, 0.29) is 19.2 Å². The van der Waals surface area contributed by atoms with Crippen molar-refractivity contribution in [1.29, 1.82) is 0 Å². The molecule has 0 aromatic heterocycles. The van der Waals surface area contributed by atoms with Crippen LogP contribution in [-0.2, 0) is 9.59 Å². The molecule has 0 saturated carbocycles. The summed E-state index contributed by atoms with van der Waals surface area (Å²) in [4.78, 5) is 25.9. The van der Waals surface area contributed by atoms with Crippen molar-refractivity contribution in [3.63, 3.8) is 0 Å². The predicted octanol–water partition coefficient (Wildman–Crippen LogP) is -0.942. The number of carbonyl (C=O) groups excluding carboxylic acids is 2. The number of likely N-dealkylation sites (N-methyl/N-ethyl adjacent to an activating group) is 1. The van der Waals surface area contributed by atoms with E-state index in [0.717, 1.165) is 0 Å². The van der Waals surface area contributed by atoms with E-state index < -0.39 is 11.8 Å². The van der Waals surface area contributed by atoms with E-state index in [0.29, 0.717) is 13.1 Å². The fourth-order valence-electron chi connectivity index (χ4n) is 1.73. The number of carbonyl (C=O) groups is 2. The molecule has 1 N–H and O–H groups in total. The first kappa shape index (κ1) is 11.0. The van der Waals surface area contributed by atoms with Crippen LogP contribution in [0.3, 0.4) is 0 Å². The monoisotopic (exact) mass is 200 g/mol. The number of aliphatic hydroxyl groups excluding tert-OH is 1. The molecule has 1 atom stereocenters. The fraction of sp³-hybridized carbons (Fsp3) is 0.778. The first-order valence-electron chi connectivity index (χ1n) is 4.82. The van der Waals surface area contributed by atoms with Gasteiger partial charge in [0.2, 0.25) is 0 Å². The minimum absolute atomic E-state index is 0.0387. The van der Waals surface area contributed by atoms with Crippen molar-refractivity contribution in [3.05, 3.63) is 0 Å². The summed E-state index contributed by atoms with van der Waals surface area (Å²) in [5.41, 5.74) is 0. The number of hydrogen-bond donors (Lipinski definition) is 1. The van der Waals surface area contributed by atoms with Gasteiger partial charge in [0.15, 0.2) is 0 Å². The second-order valence-electron chi connectivity index (χ2n) is 3.41. The molecule has 1 rings (SSSR count). The summed E-state index contributed by atoms with van der Waals surface area (Å²) < 4.78 is 0. The van der Waals surface area contributed by atoms with Crippen LogP contribution in [0.5, 0.6) is 0 Å². The molecule has 2 amide bonds. The van der Waals surface area contributed by atoms with E-state index in [4.69, 9.17) is 5.11 Å². The summed E-state index contributed by atoms with van der Waals surface area (Å²) in [5.74, 6) is -0.960. The van der Waals surface area contributed by atoms with E-state index in [1.807, 2.05) is 13.8 Å². The standard InChI is InChI=1S/C9H16N2O3/c1-3-11-7(2)6-10(4-5-12)8(13)9(11)14/h7,12H,3-6H2,1-2H3. The normalized spacial score (nSPS) is 23.2. The molecule has 1 unspecified atom stereocenters. The summed E-state index contributed by atoms with van der Waals surface area (Å²) in [6, 6.07) is 0.0387. The van der Waals surface area contributed by atoms with E-state index in [1.165, 1.54) is 4.90 Å². The maximum Gasteiger partial charge on any atom is 0.312 e. The first-order chi connectivity index (χ1) is 6.61. The van der Waals surface area contributed by atoms with Gasteiger partial charge in [-0.25, -0.2) is 0 Å². The van der Waals surface area contributed by atoms with Gasteiger partial charge in [-0.05, 0) is 13.8 Å². The lowest BCUT2D eigenvalue weighted by Gasteiger charge is -2.38. The van der Waals surface area contributed by atoms with Crippen molar-refractivity contribution in [2.24, 2.45) is 0 Å². The van der Waals surface area contributed by atoms with Gasteiger partial charge in [-0.15, -0.1) is 0 Å². The molecule has 5 heteroatoms. The van der Waals surface area contributed by atoms with Crippen LogP contribution in [0.1, 0.15) is 13.8 Å². The van der Waals surface area contributed by atoms with Gasteiger partial charge in [0.25, 0.3) is 0 Å². The quantitative estimate of drug-likeness (QED) is 0.598. The second kappa shape index (κ2) is 4.41. The van der Waals surface area contributed by atoms with Crippen molar-refractivity contribution in [3.8, 4) is 0 Å². The third-order valence-electron chi connectivity index (χ3n) is 2.46. The Morgan fingerprint density at radius 1 is 1.43 bits per heavy atom. The number of rotatable bonds is 3. The number of piperazine rings is 1. The zero-order chi connectivity index (χ0) is 10.7. The number of β-amino-alcohol motifs (C(OH)–C–C–N with tert-alkyl or cyclic N) is 1. The van der Waals surface area contributed by atoms with E-state index in [9.17, 15) is 9.59 Å². The molecule has 1 aliphatic rings. The average Bonchev–Trinajstić information content (AvgIpc) is 2.15. The number of nitrogens with zero attached hydrogens (tertiary/aromatic N) is 2. The minimum Gasteiger partial charge on any atom is -0.395 e. The Balaban J connectivity index is 2.73. The Hall–Kier alpha value is -1.10. The van der Waals surface area contributed by atoms with Crippen LogP contribution in [0.2, 0.25) is 0 Å². The van der Waals surface area contributed by atoms with Gasteiger partial charge in [0, 0.05) is 25.7 Å². The molecule has 0 aromatic rings. The van der Waals surface area contributed by atoms with Crippen LogP contribution in [0.15, 0.2) is 0 Å². The van der Waals surface area contributed by atoms with Gasteiger partial charge in [-0.2, -0.15) is 0 Å². The largest absolute Gasteiger partial charge is 0.395 e. The maximum absolute atomic E-state index is 11.5. The zero-order valence-electron chi connectivity index (χ0n) is 8.56. The molecule has 5 nitrogen and oxygen atoms in total. The minimum atomic E-state index is -0.501. The Morgan fingerprint density at radius 2 is 2.07 bits per heavy atom. The van der Waals surface area contributed by atoms with Crippen molar-refractivity contribution in [2.75, 3.05) is 26.2 Å². The van der Waals surface area contributed by atoms with Crippen molar-refractivity contribution in [1.82, 2.24) is 9.80 Å². The molecular formula is C9H16N2O3. The highest BCUT2D eigenvalue weighted by Crippen LogP contribution is 2.10. The topological polar surface area (TPSA) is 60.9 Å².